The topological polar surface area (TPSA) is 74.2 Å². The lowest BCUT2D eigenvalue weighted by Crippen LogP contribution is -2.33. The highest BCUT2D eigenvalue weighted by molar-refractivity contribution is 5.05. The Balaban J connectivity index is 2.20. The Morgan fingerprint density at radius 1 is 1.30 bits per heavy atom. The fraction of sp³-hybridized carbons (Fsp3) is 0.867. The van der Waals surface area contributed by atoms with E-state index < -0.39 is 0 Å². The van der Waals surface area contributed by atoms with Gasteiger partial charge < -0.3 is 15.0 Å². The Labute approximate surface area is 121 Å². The summed E-state index contributed by atoms with van der Waals surface area (Å²) in [6.07, 6.45) is 6.50. The summed E-state index contributed by atoms with van der Waals surface area (Å²) < 4.78 is 11.4. The van der Waals surface area contributed by atoms with Gasteiger partial charge in [-0.25, -0.2) is 0 Å². The molecule has 0 aliphatic heterocycles. The Bertz CT molecular complexity index is 407. The first kappa shape index (κ1) is 15.4. The van der Waals surface area contributed by atoms with Crippen molar-refractivity contribution in [1.82, 2.24) is 10.1 Å². The van der Waals surface area contributed by atoms with Gasteiger partial charge in [0.15, 0.2) is 0 Å². The van der Waals surface area contributed by atoms with Gasteiger partial charge in [-0.1, -0.05) is 44.7 Å². The van der Waals surface area contributed by atoms with Crippen LogP contribution in [-0.2, 0) is 10.3 Å². The lowest BCUT2D eigenvalue weighted by Gasteiger charge is -2.33. The largest absolute Gasteiger partial charge is 0.367 e. The Kier molecular flexibility index (Phi) is 5.16. The van der Waals surface area contributed by atoms with E-state index >= 15 is 0 Å². The van der Waals surface area contributed by atoms with E-state index in [9.17, 15) is 0 Å². The van der Waals surface area contributed by atoms with Crippen molar-refractivity contribution in [3.63, 3.8) is 0 Å². The van der Waals surface area contributed by atoms with E-state index in [1.807, 2.05) is 6.92 Å². The van der Waals surface area contributed by atoms with Crippen LogP contribution >= 0.6 is 0 Å². The summed E-state index contributed by atoms with van der Waals surface area (Å²) in [6.45, 7) is 6.90. The van der Waals surface area contributed by atoms with Crippen molar-refractivity contribution in [1.29, 1.82) is 0 Å². The highest BCUT2D eigenvalue weighted by Crippen LogP contribution is 2.39. The number of ether oxygens (including phenoxy) is 1. The second kappa shape index (κ2) is 6.68. The average molecular weight is 281 g/mol. The van der Waals surface area contributed by atoms with Gasteiger partial charge in [-0.3, -0.25) is 0 Å². The van der Waals surface area contributed by atoms with Crippen LogP contribution in [0.15, 0.2) is 4.52 Å². The molecule has 1 saturated carbocycles. The van der Waals surface area contributed by atoms with E-state index in [-0.39, 0.29) is 11.6 Å². The monoisotopic (exact) mass is 281 g/mol. The Morgan fingerprint density at radius 2 is 2.00 bits per heavy atom. The first-order valence-corrected chi connectivity index (χ1v) is 7.86. The van der Waals surface area contributed by atoms with Gasteiger partial charge in [-0.2, -0.15) is 4.98 Å². The molecule has 1 heterocycles. The third-order valence-corrected chi connectivity index (χ3v) is 4.47. The fourth-order valence-corrected chi connectivity index (χ4v) is 2.88. The van der Waals surface area contributed by atoms with Crippen LogP contribution in [0.4, 0.5) is 0 Å². The number of hydrogen-bond donors (Lipinski definition) is 1. The summed E-state index contributed by atoms with van der Waals surface area (Å²) in [5, 5.41) is 4.18. The molecule has 2 N–H and O–H groups in total. The molecule has 0 saturated heterocycles. The standard InChI is InChI=1S/C15H27N3O2/c1-4-11(3)12(16)13-17-14(18-20-13)15(19-5-2)9-7-6-8-10-15/h11-12H,4-10,16H2,1-3H3/t11-,12-/m0/s1. The molecule has 1 aliphatic rings. The summed E-state index contributed by atoms with van der Waals surface area (Å²) in [5.41, 5.74) is 5.81. The zero-order valence-corrected chi connectivity index (χ0v) is 12.9. The summed E-state index contributed by atoms with van der Waals surface area (Å²) in [7, 11) is 0. The van der Waals surface area contributed by atoms with Gasteiger partial charge in [0.05, 0.1) is 6.04 Å². The quantitative estimate of drug-likeness (QED) is 0.865. The molecule has 5 nitrogen and oxygen atoms in total. The molecule has 5 heteroatoms. The molecule has 0 spiro atoms. The number of rotatable bonds is 6. The zero-order chi connectivity index (χ0) is 14.6. The van der Waals surface area contributed by atoms with Crippen molar-refractivity contribution in [2.45, 2.75) is 70.9 Å². The highest BCUT2D eigenvalue weighted by Gasteiger charge is 2.39. The van der Waals surface area contributed by atoms with Crippen LogP contribution in [0, 0.1) is 5.92 Å². The normalized spacial score (nSPS) is 21.6. The van der Waals surface area contributed by atoms with Crippen LogP contribution in [0.25, 0.3) is 0 Å². The average Bonchev–Trinajstić information content (AvgIpc) is 2.97. The van der Waals surface area contributed by atoms with Crippen LogP contribution in [0.2, 0.25) is 0 Å². The molecule has 0 amide bonds. The molecule has 1 aromatic heterocycles. The number of aromatic nitrogens is 2. The lowest BCUT2D eigenvalue weighted by molar-refractivity contribution is -0.0777. The molecular formula is C15H27N3O2. The summed E-state index contributed by atoms with van der Waals surface area (Å²) >= 11 is 0. The van der Waals surface area contributed by atoms with E-state index in [2.05, 4.69) is 24.0 Å². The molecule has 1 aliphatic carbocycles. The van der Waals surface area contributed by atoms with Gasteiger partial charge in [0.25, 0.3) is 0 Å². The molecule has 2 atom stereocenters. The van der Waals surface area contributed by atoms with Crippen molar-refractivity contribution < 1.29 is 9.26 Å². The highest BCUT2D eigenvalue weighted by atomic mass is 16.5. The molecule has 1 fully saturated rings. The number of nitrogens with two attached hydrogens (primary N) is 1. The molecular weight excluding hydrogens is 254 g/mol. The molecule has 2 rings (SSSR count). The molecule has 1 aromatic rings. The molecule has 114 valence electrons. The first-order valence-electron chi connectivity index (χ1n) is 7.86. The molecule has 0 bridgehead atoms. The van der Waals surface area contributed by atoms with Crippen molar-refractivity contribution in [3.05, 3.63) is 11.7 Å². The van der Waals surface area contributed by atoms with Crippen LogP contribution in [0.1, 0.15) is 77.1 Å². The lowest BCUT2D eigenvalue weighted by atomic mass is 9.84. The van der Waals surface area contributed by atoms with Crippen molar-refractivity contribution in [3.8, 4) is 0 Å². The summed E-state index contributed by atoms with van der Waals surface area (Å²) in [5.74, 6) is 1.56. The van der Waals surface area contributed by atoms with E-state index in [1.165, 1.54) is 6.42 Å². The predicted molar refractivity (Wildman–Crippen MR) is 77.1 cm³/mol. The van der Waals surface area contributed by atoms with Crippen LogP contribution in [-0.4, -0.2) is 16.7 Å². The first-order chi connectivity index (χ1) is 9.63. The maximum Gasteiger partial charge on any atom is 0.243 e. The summed E-state index contributed by atoms with van der Waals surface area (Å²) in [6, 6.07) is -0.191. The van der Waals surface area contributed by atoms with E-state index in [0.29, 0.717) is 24.2 Å². The minimum absolute atomic E-state index is 0.191. The summed E-state index contributed by atoms with van der Waals surface area (Å²) in [4.78, 5) is 4.57. The smallest absolute Gasteiger partial charge is 0.243 e. The predicted octanol–water partition coefficient (Wildman–Crippen LogP) is 3.31. The van der Waals surface area contributed by atoms with Gasteiger partial charge in [0, 0.05) is 6.61 Å². The third kappa shape index (κ3) is 3.04. The number of hydrogen-bond acceptors (Lipinski definition) is 5. The van der Waals surface area contributed by atoms with Gasteiger partial charge in [-0.05, 0) is 25.7 Å². The zero-order valence-electron chi connectivity index (χ0n) is 12.9. The second-order valence-corrected chi connectivity index (χ2v) is 5.86. The van der Waals surface area contributed by atoms with Gasteiger partial charge in [0.1, 0.15) is 5.60 Å². The van der Waals surface area contributed by atoms with Crippen molar-refractivity contribution in [2.24, 2.45) is 11.7 Å². The van der Waals surface area contributed by atoms with Gasteiger partial charge in [-0.15, -0.1) is 0 Å². The molecule has 20 heavy (non-hydrogen) atoms. The maximum atomic E-state index is 6.17. The van der Waals surface area contributed by atoms with Crippen molar-refractivity contribution in [2.75, 3.05) is 6.61 Å². The second-order valence-electron chi connectivity index (χ2n) is 5.86. The SMILES string of the molecule is CCOC1(c2noc([C@@H](N)[C@@H](C)CC)n2)CCCCC1. The van der Waals surface area contributed by atoms with Crippen LogP contribution < -0.4 is 5.73 Å². The minimum atomic E-state index is -0.357. The van der Waals surface area contributed by atoms with E-state index in [4.69, 9.17) is 15.0 Å². The number of nitrogens with zero attached hydrogens (tertiary/aromatic N) is 2. The van der Waals surface area contributed by atoms with E-state index in [0.717, 1.165) is 32.1 Å². The van der Waals surface area contributed by atoms with Gasteiger partial charge in [0.2, 0.25) is 11.7 Å². The molecule has 0 radical (unpaired) electrons. The van der Waals surface area contributed by atoms with Gasteiger partial charge >= 0.3 is 0 Å². The van der Waals surface area contributed by atoms with E-state index in [1.54, 1.807) is 0 Å². The maximum absolute atomic E-state index is 6.17. The minimum Gasteiger partial charge on any atom is -0.367 e. The Hall–Kier alpha value is -0.940. The Morgan fingerprint density at radius 3 is 2.60 bits per heavy atom. The van der Waals surface area contributed by atoms with Crippen LogP contribution in [0.3, 0.4) is 0 Å². The molecule has 0 aromatic carbocycles. The van der Waals surface area contributed by atoms with Crippen LogP contribution in [0.5, 0.6) is 0 Å². The fourth-order valence-electron chi connectivity index (χ4n) is 2.88. The molecule has 0 unspecified atom stereocenters. The van der Waals surface area contributed by atoms with Crippen molar-refractivity contribution >= 4 is 0 Å². The third-order valence-electron chi connectivity index (χ3n) is 4.47.